The first-order valence-electron chi connectivity index (χ1n) is 10.6. The first kappa shape index (κ1) is 23.4. The molecule has 174 valence electrons. The smallest absolute Gasteiger partial charge is 0.324 e. The lowest BCUT2D eigenvalue weighted by molar-refractivity contribution is -0.146. The zero-order valence-electron chi connectivity index (χ0n) is 18.2. The summed E-state index contributed by atoms with van der Waals surface area (Å²) in [5.41, 5.74) is 0.263. The monoisotopic (exact) mass is 486 g/mol. The molecule has 9 heteroatoms. The van der Waals surface area contributed by atoms with Crippen LogP contribution in [0.2, 0.25) is 0 Å². The first-order chi connectivity index (χ1) is 15.8. The summed E-state index contributed by atoms with van der Waals surface area (Å²) < 4.78 is 33.8. The van der Waals surface area contributed by atoms with Crippen LogP contribution in [-0.2, 0) is 21.4 Å². The van der Waals surface area contributed by atoms with Crippen LogP contribution < -0.4 is 9.46 Å². The minimum Gasteiger partial charge on any atom is -0.497 e. The summed E-state index contributed by atoms with van der Waals surface area (Å²) in [5, 5.41) is 11.9. The number of sulfonamides is 1. The van der Waals surface area contributed by atoms with E-state index in [0.717, 1.165) is 23.4 Å². The highest BCUT2D eigenvalue weighted by Gasteiger charge is 2.44. The van der Waals surface area contributed by atoms with Gasteiger partial charge in [0.15, 0.2) is 0 Å². The summed E-state index contributed by atoms with van der Waals surface area (Å²) >= 11 is 1.66. The van der Waals surface area contributed by atoms with Crippen LogP contribution >= 0.6 is 11.3 Å². The Hall–Kier alpha value is -2.72. The van der Waals surface area contributed by atoms with Crippen molar-refractivity contribution >= 4 is 27.3 Å². The van der Waals surface area contributed by atoms with Crippen molar-refractivity contribution in [1.82, 2.24) is 9.62 Å². The van der Waals surface area contributed by atoms with E-state index in [1.807, 2.05) is 41.8 Å². The lowest BCUT2D eigenvalue weighted by atomic mass is 9.89. The van der Waals surface area contributed by atoms with E-state index in [2.05, 4.69) is 9.62 Å². The number of hydrogen-bond donors (Lipinski definition) is 2. The van der Waals surface area contributed by atoms with E-state index in [1.54, 1.807) is 30.6 Å². The molecule has 33 heavy (non-hydrogen) atoms. The number of carboxylic acids is 1. The number of methoxy groups -OCH3 is 1. The highest BCUT2D eigenvalue weighted by molar-refractivity contribution is 7.89. The standard InChI is InChI=1S/C24H26N2O5S2/c1-31-20-8-4-18(5-9-20)19-6-10-22(11-7-19)33(29,30)25-24(23(27)28)12-14-26(15-13-24)17-21-3-2-16-32-21/h2-11,16,25H,12-15,17H2,1H3,(H,27,28). The zero-order valence-corrected chi connectivity index (χ0v) is 19.9. The Morgan fingerprint density at radius 1 is 1.06 bits per heavy atom. The Labute approximate surface area is 197 Å². The van der Waals surface area contributed by atoms with Crippen LogP contribution in [0.5, 0.6) is 5.75 Å². The second kappa shape index (κ2) is 9.64. The summed E-state index contributed by atoms with van der Waals surface area (Å²) in [4.78, 5) is 15.6. The predicted octanol–water partition coefficient (Wildman–Crippen LogP) is 3.82. The van der Waals surface area contributed by atoms with E-state index in [9.17, 15) is 18.3 Å². The average Bonchev–Trinajstić information content (AvgIpc) is 3.33. The maximum atomic E-state index is 13.1. The fourth-order valence-electron chi connectivity index (χ4n) is 4.00. The summed E-state index contributed by atoms with van der Waals surface area (Å²) in [6, 6.07) is 17.9. The Bertz CT molecular complexity index is 1180. The molecule has 0 saturated carbocycles. The molecule has 0 aliphatic carbocycles. The van der Waals surface area contributed by atoms with Crippen molar-refractivity contribution in [3.05, 3.63) is 70.9 Å². The molecule has 0 bridgehead atoms. The van der Waals surface area contributed by atoms with Crippen LogP contribution in [0.3, 0.4) is 0 Å². The molecule has 3 aromatic rings. The van der Waals surface area contributed by atoms with Gasteiger partial charge in [0, 0.05) is 24.5 Å². The summed E-state index contributed by atoms with van der Waals surface area (Å²) in [6.45, 7) is 1.75. The van der Waals surface area contributed by atoms with Gasteiger partial charge in [0.05, 0.1) is 12.0 Å². The number of hydrogen-bond acceptors (Lipinski definition) is 6. The molecular formula is C24H26N2O5S2. The molecule has 1 saturated heterocycles. The Morgan fingerprint density at radius 2 is 1.67 bits per heavy atom. The second-order valence-corrected chi connectivity index (χ2v) is 10.8. The van der Waals surface area contributed by atoms with Gasteiger partial charge in [-0.2, -0.15) is 4.72 Å². The van der Waals surface area contributed by atoms with Crippen molar-refractivity contribution in [1.29, 1.82) is 0 Å². The lowest BCUT2D eigenvalue weighted by Gasteiger charge is -2.38. The molecule has 2 heterocycles. The number of ether oxygens (including phenoxy) is 1. The number of carboxylic acid groups (broad SMARTS) is 1. The van der Waals surface area contributed by atoms with Crippen molar-refractivity contribution in [2.24, 2.45) is 0 Å². The molecule has 1 aromatic heterocycles. The van der Waals surface area contributed by atoms with E-state index in [-0.39, 0.29) is 17.7 Å². The van der Waals surface area contributed by atoms with Gasteiger partial charge in [0.25, 0.3) is 0 Å². The molecule has 0 atom stereocenters. The largest absolute Gasteiger partial charge is 0.497 e. The van der Waals surface area contributed by atoms with Crippen LogP contribution in [0.1, 0.15) is 17.7 Å². The van der Waals surface area contributed by atoms with Crippen molar-refractivity contribution in [2.75, 3.05) is 20.2 Å². The Kier molecular flexibility index (Phi) is 6.85. The SMILES string of the molecule is COc1ccc(-c2ccc(S(=O)(=O)NC3(C(=O)O)CCN(Cc4cccs4)CC3)cc2)cc1. The molecule has 0 unspecified atom stereocenters. The first-order valence-corrected chi connectivity index (χ1v) is 12.9. The molecule has 0 spiro atoms. The van der Waals surface area contributed by atoms with Gasteiger partial charge >= 0.3 is 5.97 Å². The number of rotatable bonds is 8. The van der Waals surface area contributed by atoms with Crippen LogP contribution in [0, 0.1) is 0 Å². The third kappa shape index (κ3) is 5.27. The third-order valence-corrected chi connectivity index (χ3v) is 8.41. The van der Waals surface area contributed by atoms with Crippen molar-refractivity contribution in [3.63, 3.8) is 0 Å². The summed E-state index contributed by atoms with van der Waals surface area (Å²) in [6.07, 6.45) is 0.410. The van der Waals surface area contributed by atoms with Gasteiger partial charge in [-0.15, -0.1) is 11.3 Å². The van der Waals surface area contributed by atoms with E-state index >= 15 is 0 Å². The highest BCUT2D eigenvalue weighted by atomic mass is 32.2. The minimum atomic E-state index is -4.01. The second-order valence-electron chi connectivity index (χ2n) is 8.10. The molecule has 1 aliphatic rings. The molecule has 2 aromatic carbocycles. The highest BCUT2D eigenvalue weighted by Crippen LogP contribution is 2.28. The summed E-state index contributed by atoms with van der Waals surface area (Å²) in [7, 11) is -2.41. The van der Waals surface area contributed by atoms with Crippen LogP contribution in [0.25, 0.3) is 11.1 Å². The quantitative estimate of drug-likeness (QED) is 0.503. The molecule has 0 radical (unpaired) electrons. The number of piperidine rings is 1. The van der Waals surface area contributed by atoms with Crippen molar-refractivity contribution in [2.45, 2.75) is 29.8 Å². The maximum Gasteiger partial charge on any atom is 0.324 e. The number of nitrogens with one attached hydrogen (secondary N) is 1. The van der Waals surface area contributed by atoms with Gasteiger partial charge in [-0.05, 0) is 59.7 Å². The van der Waals surface area contributed by atoms with Gasteiger partial charge in [0.2, 0.25) is 10.0 Å². The van der Waals surface area contributed by atoms with E-state index < -0.39 is 21.5 Å². The molecule has 1 aliphatic heterocycles. The maximum absolute atomic E-state index is 13.1. The van der Waals surface area contributed by atoms with Crippen molar-refractivity contribution < 1.29 is 23.1 Å². The number of nitrogens with zero attached hydrogens (tertiary/aromatic N) is 1. The molecule has 1 fully saturated rings. The fourth-order valence-corrected chi connectivity index (χ4v) is 6.17. The lowest BCUT2D eigenvalue weighted by Crippen LogP contribution is -2.59. The van der Waals surface area contributed by atoms with Gasteiger partial charge in [-0.1, -0.05) is 30.3 Å². The Balaban J connectivity index is 1.47. The van der Waals surface area contributed by atoms with Gasteiger partial charge in [-0.25, -0.2) is 8.42 Å². The van der Waals surface area contributed by atoms with Crippen LogP contribution in [-0.4, -0.2) is 50.1 Å². The van der Waals surface area contributed by atoms with E-state index in [4.69, 9.17) is 4.74 Å². The molecule has 4 rings (SSSR count). The molecular weight excluding hydrogens is 460 g/mol. The number of thiophene rings is 1. The summed E-state index contributed by atoms with van der Waals surface area (Å²) in [5.74, 6) is -0.403. The van der Waals surface area contributed by atoms with E-state index in [1.165, 1.54) is 17.0 Å². The number of likely N-dealkylation sites (tertiary alicyclic amines) is 1. The molecule has 0 amide bonds. The third-order valence-electron chi connectivity index (χ3n) is 6.00. The fraction of sp³-hybridized carbons (Fsp3) is 0.292. The van der Waals surface area contributed by atoms with Crippen LogP contribution in [0.4, 0.5) is 0 Å². The topological polar surface area (TPSA) is 95.9 Å². The average molecular weight is 487 g/mol. The molecule has 2 N–H and O–H groups in total. The minimum absolute atomic E-state index is 0.0430. The van der Waals surface area contributed by atoms with E-state index in [0.29, 0.717) is 13.1 Å². The van der Waals surface area contributed by atoms with Gasteiger partial charge in [0.1, 0.15) is 11.3 Å². The van der Waals surface area contributed by atoms with Crippen LogP contribution in [0.15, 0.2) is 70.9 Å². The zero-order chi connectivity index (χ0) is 23.5. The predicted molar refractivity (Wildman–Crippen MR) is 128 cm³/mol. The Morgan fingerprint density at radius 3 is 2.18 bits per heavy atom. The normalized spacial score (nSPS) is 16.4. The number of carbonyl (C=O) groups is 1. The number of benzene rings is 2. The van der Waals surface area contributed by atoms with Crippen molar-refractivity contribution in [3.8, 4) is 16.9 Å². The van der Waals surface area contributed by atoms with Gasteiger partial charge in [-0.3, -0.25) is 9.69 Å². The van der Waals surface area contributed by atoms with Gasteiger partial charge < -0.3 is 9.84 Å². The molecule has 7 nitrogen and oxygen atoms in total. The number of aliphatic carboxylic acids is 1.